The zero-order valence-electron chi connectivity index (χ0n) is 13.3. The van der Waals surface area contributed by atoms with Gasteiger partial charge in [0.2, 0.25) is 0 Å². The van der Waals surface area contributed by atoms with Crippen molar-refractivity contribution in [3.63, 3.8) is 0 Å². The number of nitrogens with zero attached hydrogens (tertiary/aromatic N) is 4. The molecular weight excluding hydrogens is 284 g/mol. The highest BCUT2D eigenvalue weighted by Crippen LogP contribution is 2.23. The molecule has 0 aromatic rings. The van der Waals surface area contributed by atoms with Crippen LogP contribution in [0.5, 0.6) is 0 Å². The van der Waals surface area contributed by atoms with Gasteiger partial charge in [0.15, 0.2) is 24.7 Å². The van der Waals surface area contributed by atoms with Crippen molar-refractivity contribution in [1.29, 1.82) is 0 Å². The number of hydrogen-bond acceptors (Lipinski definition) is 4. The maximum Gasteiger partial charge on any atom is 0.331 e. The third-order valence-electron chi connectivity index (χ3n) is 4.29. The lowest BCUT2D eigenvalue weighted by Gasteiger charge is -2.36. The molecule has 3 aliphatic heterocycles. The quantitative estimate of drug-likeness (QED) is 0.605. The van der Waals surface area contributed by atoms with E-state index < -0.39 is 5.92 Å². The predicted molar refractivity (Wildman–Crippen MR) is 81.0 cm³/mol. The topological polar surface area (TPSA) is 65.2 Å². The molecule has 7 heteroatoms. The minimum atomic E-state index is -0.518. The van der Waals surface area contributed by atoms with Crippen LogP contribution in [0.2, 0.25) is 0 Å². The van der Waals surface area contributed by atoms with Gasteiger partial charge >= 0.3 is 6.03 Å². The molecular formula is C15H21N4O3+. The van der Waals surface area contributed by atoms with Crippen molar-refractivity contribution in [2.75, 3.05) is 27.2 Å². The van der Waals surface area contributed by atoms with Crippen molar-refractivity contribution in [3.8, 4) is 0 Å². The van der Waals surface area contributed by atoms with Crippen LogP contribution in [0.25, 0.3) is 0 Å². The van der Waals surface area contributed by atoms with Crippen molar-refractivity contribution in [2.24, 2.45) is 10.9 Å². The van der Waals surface area contributed by atoms with Gasteiger partial charge in [-0.25, -0.2) is 14.4 Å². The molecule has 2 saturated heterocycles. The highest BCUT2D eigenvalue weighted by Gasteiger charge is 2.47. The number of morpholine rings is 1. The summed E-state index contributed by atoms with van der Waals surface area (Å²) in [7, 11) is 3.16. The number of rotatable bonds is 0. The third-order valence-corrected chi connectivity index (χ3v) is 4.29. The van der Waals surface area contributed by atoms with E-state index in [1.165, 1.54) is 11.9 Å². The fraction of sp³-hybridized carbons (Fsp3) is 0.600. The monoisotopic (exact) mass is 305 g/mol. The molecule has 0 saturated carbocycles. The summed E-state index contributed by atoms with van der Waals surface area (Å²) in [5.74, 6) is -0.249. The zero-order chi connectivity index (χ0) is 16.0. The molecule has 7 nitrogen and oxygen atoms in total. The smallest absolute Gasteiger partial charge is 0.331 e. The van der Waals surface area contributed by atoms with E-state index in [4.69, 9.17) is 4.74 Å². The first-order valence-corrected chi connectivity index (χ1v) is 7.47. The molecule has 3 amide bonds. The van der Waals surface area contributed by atoms with Crippen molar-refractivity contribution in [1.82, 2.24) is 9.80 Å². The Balaban J connectivity index is 2.04. The Labute approximate surface area is 129 Å². The number of carbonyl (C=O) groups is 2. The average molecular weight is 305 g/mol. The molecule has 3 unspecified atom stereocenters. The summed E-state index contributed by atoms with van der Waals surface area (Å²) >= 11 is 0. The summed E-state index contributed by atoms with van der Waals surface area (Å²) in [5.41, 5.74) is 0.892. The summed E-state index contributed by atoms with van der Waals surface area (Å²) in [5, 5.41) is 0. The van der Waals surface area contributed by atoms with Crippen molar-refractivity contribution in [3.05, 3.63) is 12.3 Å². The number of amides is 3. The van der Waals surface area contributed by atoms with Crippen molar-refractivity contribution in [2.45, 2.75) is 26.1 Å². The van der Waals surface area contributed by atoms with Gasteiger partial charge in [0, 0.05) is 26.4 Å². The molecule has 3 heterocycles. The van der Waals surface area contributed by atoms with Crippen LogP contribution >= 0.6 is 0 Å². The summed E-state index contributed by atoms with van der Waals surface area (Å²) in [6, 6.07) is -0.349. The average Bonchev–Trinajstić information content (AvgIpc) is 2.49. The molecule has 0 N–H and O–H groups in total. The highest BCUT2D eigenvalue weighted by atomic mass is 16.5. The van der Waals surface area contributed by atoms with Crippen molar-refractivity contribution >= 4 is 23.5 Å². The zero-order valence-corrected chi connectivity index (χ0v) is 13.3. The Morgan fingerprint density at radius 3 is 2.45 bits per heavy atom. The summed E-state index contributed by atoms with van der Waals surface area (Å²) in [6.45, 7) is 5.50. The molecule has 3 aliphatic rings. The van der Waals surface area contributed by atoms with Crippen LogP contribution in [0.3, 0.4) is 0 Å². The lowest BCUT2D eigenvalue weighted by Crippen LogP contribution is -2.60. The first-order chi connectivity index (χ1) is 10.4. The van der Waals surface area contributed by atoms with Gasteiger partial charge in [-0.3, -0.25) is 14.6 Å². The Hall–Kier alpha value is -2.02. The highest BCUT2D eigenvalue weighted by molar-refractivity contribution is 6.30. The molecule has 0 aromatic heterocycles. The van der Waals surface area contributed by atoms with Gasteiger partial charge in [-0.1, -0.05) is 0 Å². The van der Waals surface area contributed by atoms with Crippen LogP contribution in [0.1, 0.15) is 13.8 Å². The van der Waals surface area contributed by atoms with Gasteiger partial charge < -0.3 is 4.74 Å². The molecule has 0 aromatic carbocycles. The van der Waals surface area contributed by atoms with Crippen LogP contribution in [0.15, 0.2) is 17.3 Å². The van der Waals surface area contributed by atoms with E-state index in [2.05, 4.69) is 9.57 Å². The fourth-order valence-corrected chi connectivity index (χ4v) is 3.30. The largest absolute Gasteiger partial charge is 0.362 e. The number of urea groups is 1. The Morgan fingerprint density at radius 2 is 1.82 bits per heavy atom. The second-order valence-electron chi connectivity index (χ2n) is 6.06. The fourth-order valence-electron chi connectivity index (χ4n) is 3.30. The lowest BCUT2D eigenvalue weighted by atomic mass is 9.94. The number of aliphatic imine (C=N–C) groups is 1. The maximum absolute atomic E-state index is 12.6. The normalized spacial score (nSPS) is 32.4. The number of amidine groups is 1. The number of fused-ring (bicyclic) bond motifs is 1. The molecule has 0 spiro atoms. The lowest BCUT2D eigenvalue weighted by molar-refractivity contribution is -0.567. The molecule has 3 rings (SSSR count). The first-order valence-electron chi connectivity index (χ1n) is 7.47. The van der Waals surface area contributed by atoms with Gasteiger partial charge in [0.1, 0.15) is 18.0 Å². The van der Waals surface area contributed by atoms with Crippen LogP contribution < -0.4 is 0 Å². The van der Waals surface area contributed by atoms with Gasteiger partial charge in [0.05, 0.1) is 0 Å². The third kappa shape index (κ3) is 2.25. The Bertz CT molecular complexity index is 610. The van der Waals surface area contributed by atoms with Crippen molar-refractivity contribution < 1.29 is 18.9 Å². The first kappa shape index (κ1) is 14.9. The van der Waals surface area contributed by atoms with Crippen LogP contribution in [0, 0.1) is 5.92 Å². The Kier molecular flexibility index (Phi) is 3.60. The number of hydrogen-bond donors (Lipinski definition) is 0. The summed E-state index contributed by atoms with van der Waals surface area (Å²) in [6.07, 6.45) is 3.73. The van der Waals surface area contributed by atoms with E-state index in [0.717, 1.165) is 23.7 Å². The number of carbonyl (C=O) groups excluding carboxylic acids is 2. The van der Waals surface area contributed by atoms with E-state index in [-0.39, 0.29) is 24.1 Å². The standard InChI is InChI=1S/C15H21N4O3/c1-9-7-19(8-10(2)22-9)11-5-6-16-13-12(11)14(20)18(4)15(21)17(13)3/h5-6,9-10,12H,7-8H2,1-4H3/q+1. The van der Waals surface area contributed by atoms with Crippen LogP contribution in [0.4, 0.5) is 4.79 Å². The van der Waals surface area contributed by atoms with Gasteiger partial charge in [-0.15, -0.1) is 0 Å². The van der Waals surface area contributed by atoms with Crippen LogP contribution in [-0.4, -0.2) is 77.3 Å². The summed E-state index contributed by atoms with van der Waals surface area (Å²) < 4.78 is 7.93. The number of imide groups is 1. The molecule has 2 fully saturated rings. The molecule has 3 atom stereocenters. The van der Waals surface area contributed by atoms with E-state index >= 15 is 0 Å². The Morgan fingerprint density at radius 1 is 1.18 bits per heavy atom. The van der Waals surface area contributed by atoms with Gasteiger partial charge in [-0.05, 0) is 13.8 Å². The second-order valence-corrected chi connectivity index (χ2v) is 6.06. The second kappa shape index (κ2) is 5.31. The van der Waals surface area contributed by atoms with E-state index in [0.29, 0.717) is 5.84 Å². The maximum atomic E-state index is 12.6. The van der Waals surface area contributed by atoms with Gasteiger partial charge in [0.25, 0.3) is 5.91 Å². The van der Waals surface area contributed by atoms with E-state index in [1.54, 1.807) is 13.2 Å². The van der Waals surface area contributed by atoms with Gasteiger partial charge in [-0.2, -0.15) is 0 Å². The molecule has 118 valence electrons. The minimum Gasteiger partial charge on any atom is -0.362 e. The number of ether oxygens (including phenoxy) is 1. The SMILES string of the molecule is CC1C[N+](=C2C=CN=C3C2C(=O)N(C)C(=O)N3C)CC(C)O1. The predicted octanol–water partition coefficient (Wildman–Crippen LogP) is 0.313. The molecule has 0 radical (unpaired) electrons. The summed E-state index contributed by atoms with van der Waals surface area (Å²) in [4.78, 5) is 31.6. The molecule has 0 aliphatic carbocycles. The number of allylic oxidation sites excluding steroid dienone is 1. The molecule has 0 bridgehead atoms. The molecule has 22 heavy (non-hydrogen) atoms. The van der Waals surface area contributed by atoms with E-state index in [9.17, 15) is 9.59 Å². The van der Waals surface area contributed by atoms with Crippen LogP contribution in [-0.2, 0) is 9.53 Å². The minimum absolute atomic E-state index is 0.0998. The van der Waals surface area contributed by atoms with E-state index in [1.807, 2.05) is 19.9 Å².